The molecule has 8 heteroatoms. The number of carbonyl (C=O) groups excluding carboxylic acids is 1. The lowest BCUT2D eigenvalue weighted by Gasteiger charge is -2.25. The Morgan fingerprint density at radius 3 is 2.88 bits per heavy atom. The number of rotatable bonds is 7. The number of aryl methyl sites for hydroxylation is 1. The number of nitrogens with one attached hydrogen (secondary N) is 1. The molecule has 1 saturated heterocycles. The maximum Gasteiger partial charge on any atom is 0.348 e. The fourth-order valence-corrected chi connectivity index (χ4v) is 3.99. The molecule has 0 aliphatic carbocycles. The smallest absolute Gasteiger partial charge is 0.348 e. The van der Waals surface area contributed by atoms with Crippen LogP contribution in [0.15, 0.2) is 12.7 Å². The van der Waals surface area contributed by atoms with Crippen molar-refractivity contribution in [1.29, 1.82) is 0 Å². The molecule has 2 aromatic heterocycles. The van der Waals surface area contributed by atoms with Gasteiger partial charge in [0, 0.05) is 19.6 Å². The SMILES string of the molecule is C=CCNc1nc(CN2CCOCC2)nc2sc(C(=O)OCC)c(C)c12. The first-order chi connectivity index (χ1) is 12.6. The van der Waals surface area contributed by atoms with Crippen LogP contribution in [0.3, 0.4) is 0 Å². The van der Waals surface area contributed by atoms with Gasteiger partial charge in [0.1, 0.15) is 21.3 Å². The Labute approximate surface area is 157 Å². The summed E-state index contributed by atoms with van der Waals surface area (Å²) >= 11 is 1.36. The zero-order valence-electron chi connectivity index (χ0n) is 15.2. The van der Waals surface area contributed by atoms with Crippen LogP contribution in [-0.4, -0.2) is 60.3 Å². The molecule has 0 saturated carbocycles. The van der Waals surface area contributed by atoms with Crippen LogP contribution < -0.4 is 5.32 Å². The first-order valence-electron chi connectivity index (χ1n) is 8.76. The Kier molecular flexibility index (Phi) is 6.18. The monoisotopic (exact) mass is 376 g/mol. The molecule has 1 fully saturated rings. The first kappa shape index (κ1) is 18.8. The molecule has 0 amide bonds. The minimum atomic E-state index is -0.308. The van der Waals surface area contributed by atoms with E-state index >= 15 is 0 Å². The standard InChI is InChI=1S/C18H24N4O3S/c1-4-6-19-16-14-12(3)15(18(23)25-5-2)26-17(14)21-13(20-16)11-22-7-9-24-10-8-22/h4H,1,5-11H2,2-3H3,(H,19,20,21). The predicted molar refractivity (Wildman–Crippen MR) is 103 cm³/mol. The average Bonchev–Trinajstić information content (AvgIpc) is 2.97. The summed E-state index contributed by atoms with van der Waals surface area (Å²) in [7, 11) is 0. The van der Waals surface area contributed by atoms with E-state index < -0.39 is 0 Å². The van der Waals surface area contributed by atoms with Crippen LogP contribution in [0.4, 0.5) is 5.82 Å². The number of nitrogens with zero attached hydrogens (tertiary/aromatic N) is 3. The van der Waals surface area contributed by atoms with Crippen LogP contribution in [0.1, 0.15) is 28.0 Å². The van der Waals surface area contributed by atoms with Crippen molar-refractivity contribution in [3.05, 3.63) is 28.9 Å². The molecule has 0 unspecified atom stereocenters. The minimum absolute atomic E-state index is 0.308. The molecule has 3 rings (SSSR count). The van der Waals surface area contributed by atoms with Gasteiger partial charge in [0.05, 0.1) is 31.8 Å². The molecule has 0 spiro atoms. The van der Waals surface area contributed by atoms with Crippen molar-refractivity contribution < 1.29 is 14.3 Å². The topological polar surface area (TPSA) is 76.6 Å². The Bertz CT molecular complexity index is 799. The molecular weight excluding hydrogens is 352 g/mol. The first-order valence-corrected chi connectivity index (χ1v) is 9.57. The zero-order valence-corrected chi connectivity index (χ0v) is 16.0. The minimum Gasteiger partial charge on any atom is -0.462 e. The Morgan fingerprint density at radius 1 is 1.42 bits per heavy atom. The van der Waals surface area contributed by atoms with Gasteiger partial charge in [-0.3, -0.25) is 4.90 Å². The van der Waals surface area contributed by atoms with Crippen LogP contribution in [0.25, 0.3) is 10.2 Å². The number of thiophene rings is 1. The number of anilines is 1. The highest BCUT2D eigenvalue weighted by Crippen LogP contribution is 2.34. The number of hydrogen-bond acceptors (Lipinski definition) is 8. The lowest BCUT2D eigenvalue weighted by molar-refractivity contribution is 0.0331. The van der Waals surface area contributed by atoms with Crippen molar-refractivity contribution in [2.45, 2.75) is 20.4 Å². The largest absolute Gasteiger partial charge is 0.462 e. The summed E-state index contributed by atoms with van der Waals surface area (Å²) in [6.07, 6.45) is 1.78. The van der Waals surface area contributed by atoms with E-state index in [4.69, 9.17) is 19.4 Å². The highest BCUT2D eigenvalue weighted by molar-refractivity contribution is 7.20. The van der Waals surface area contributed by atoms with Gasteiger partial charge < -0.3 is 14.8 Å². The van der Waals surface area contributed by atoms with E-state index in [2.05, 4.69) is 16.8 Å². The fraction of sp³-hybridized carbons (Fsp3) is 0.500. The molecule has 0 aromatic carbocycles. The number of esters is 1. The van der Waals surface area contributed by atoms with Gasteiger partial charge in [-0.1, -0.05) is 6.08 Å². The highest BCUT2D eigenvalue weighted by atomic mass is 32.1. The summed E-state index contributed by atoms with van der Waals surface area (Å²) in [4.78, 5) is 25.3. The van der Waals surface area contributed by atoms with Crippen molar-refractivity contribution in [1.82, 2.24) is 14.9 Å². The molecule has 0 atom stereocenters. The number of aromatic nitrogens is 2. The Balaban J connectivity index is 1.99. The van der Waals surface area contributed by atoms with E-state index in [0.717, 1.165) is 53.7 Å². The van der Waals surface area contributed by atoms with Crippen LogP contribution in [0, 0.1) is 6.92 Å². The zero-order chi connectivity index (χ0) is 18.5. The maximum atomic E-state index is 12.2. The van der Waals surface area contributed by atoms with Crippen LogP contribution in [0.5, 0.6) is 0 Å². The van der Waals surface area contributed by atoms with Crippen LogP contribution >= 0.6 is 11.3 Å². The quantitative estimate of drug-likeness (QED) is 0.588. The second kappa shape index (κ2) is 8.57. The Hall–Kier alpha value is -2.03. The van der Waals surface area contributed by atoms with E-state index in [1.165, 1.54) is 11.3 Å². The highest BCUT2D eigenvalue weighted by Gasteiger charge is 2.22. The number of carbonyl (C=O) groups is 1. The maximum absolute atomic E-state index is 12.2. The second-order valence-electron chi connectivity index (χ2n) is 6.00. The van der Waals surface area contributed by atoms with Gasteiger partial charge in [0.15, 0.2) is 0 Å². The normalized spacial score (nSPS) is 15.2. The lowest BCUT2D eigenvalue weighted by Crippen LogP contribution is -2.36. The van der Waals surface area contributed by atoms with Gasteiger partial charge in [-0.15, -0.1) is 17.9 Å². The fourth-order valence-electron chi connectivity index (χ4n) is 2.90. The molecule has 1 aliphatic rings. The number of ether oxygens (including phenoxy) is 2. The van der Waals surface area contributed by atoms with Crippen molar-refractivity contribution in [2.24, 2.45) is 0 Å². The number of morpholine rings is 1. The van der Waals surface area contributed by atoms with Gasteiger partial charge in [-0.2, -0.15) is 0 Å². The predicted octanol–water partition coefficient (Wildman–Crippen LogP) is 2.61. The molecular formula is C18H24N4O3S. The lowest BCUT2D eigenvalue weighted by atomic mass is 10.2. The molecule has 7 nitrogen and oxygen atoms in total. The van der Waals surface area contributed by atoms with Crippen molar-refractivity contribution in [3.63, 3.8) is 0 Å². The summed E-state index contributed by atoms with van der Waals surface area (Å²) < 4.78 is 10.6. The van der Waals surface area contributed by atoms with E-state index in [9.17, 15) is 4.79 Å². The van der Waals surface area contributed by atoms with Gasteiger partial charge >= 0.3 is 5.97 Å². The van der Waals surface area contributed by atoms with Gasteiger partial charge in [-0.05, 0) is 19.4 Å². The molecule has 2 aromatic rings. The van der Waals surface area contributed by atoms with Crippen LogP contribution in [0.2, 0.25) is 0 Å². The molecule has 3 heterocycles. The third-order valence-corrected chi connectivity index (χ3v) is 5.35. The van der Waals surface area contributed by atoms with Crippen LogP contribution in [-0.2, 0) is 16.0 Å². The van der Waals surface area contributed by atoms with E-state index in [-0.39, 0.29) is 5.97 Å². The number of hydrogen-bond donors (Lipinski definition) is 1. The Morgan fingerprint density at radius 2 is 2.19 bits per heavy atom. The summed E-state index contributed by atoms with van der Waals surface area (Å²) in [5, 5.41) is 4.16. The molecule has 140 valence electrons. The summed E-state index contributed by atoms with van der Waals surface area (Å²) in [6.45, 7) is 12.3. The van der Waals surface area contributed by atoms with Crippen molar-refractivity contribution >= 4 is 33.3 Å². The van der Waals surface area contributed by atoms with E-state index in [0.29, 0.717) is 24.6 Å². The third-order valence-electron chi connectivity index (χ3n) is 4.18. The van der Waals surface area contributed by atoms with Gasteiger partial charge in [-0.25, -0.2) is 14.8 Å². The number of fused-ring (bicyclic) bond motifs is 1. The van der Waals surface area contributed by atoms with Crippen molar-refractivity contribution in [2.75, 3.05) is 44.8 Å². The molecule has 0 bridgehead atoms. The summed E-state index contributed by atoms with van der Waals surface area (Å²) in [6, 6.07) is 0. The average molecular weight is 376 g/mol. The van der Waals surface area contributed by atoms with E-state index in [1.807, 2.05) is 6.92 Å². The second-order valence-corrected chi connectivity index (χ2v) is 7.00. The summed E-state index contributed by atoms with van der Waals surface area (Å²) in [5.41, 5.74) is 0.855. The van der Waals surface area contributed by atoms with Crippen molar-refractivity contribution in [3.8, 4) is 0 Å². The van der Waals surface area contributed by atoms with Gasteiger partial charge in [0.25, 0.3) is 0 Å². The molecule has 1 N–H and O–H groups in total. The van der Waals surface area contributed by atoms with Gasteiger partial charge in [0.2, 0.25) is 0 Å². The third kappa shape index (κ3) is 4.03. The molecule has 0 radical (unpaired) electrons. The summed E-state index contributed by atoms with van der Waals surface area (Å²) in [5.74, 6) is 1.17. The van der Waals surface area contributed by atoms with E-state index in [1.54, 1.807) is 13.0 Å². The molecule has 1 aliphatic heterocycles. The molecule has 26 heavy (non-hydrogen) atoms.